The van der Waals surface area contributed by atoms with Gasteiger partial charge in [0.05, 0.1) is 6.04 Å². The van der Waals surface area contributed by atoms with E-state index in [0.29, 0.717) is 19.3 Å². The lowest BCUT2D eigenvalue weighted by molar-refractivity contribution is -0.150. The number of nitrogens with zero attached hydrogens (tertiary/aromatic N) is 1. The van der Waals surface area contributed by atoms with Crippen molar-refractivity contribution in [3.05, 3.63) is 71.8 Å². The zero-order valence-corrected chi connectivity index (χ0v) is 25.0. The number of carboxylic acid groups (broad SMARTS) is 1. The van der Waals surface area contributed by atoms with Gasteiger partial charge in [0.1, 0.15) is 17.9 Å². The molecule has 1 aliphatic rings. The summed E-state index contributed by atoms with van der Waals surface area (Å²) in [5.74, 6) is -5.44. The summed E-state index contributed by atoms with van der Waals surface area (Å²) in [7, 11) is 0. The summed E-state index contributed by atoms with van der Waals surface area (Å²) < 4.78 is 0. The molecule has 2 aromatic rings. The number of amides is 3. The fourth-order valence-corrected chi connectivity index (χ4v) is 5.28. The Hall–Kier alpha value is -4.34. The van der Waals surface area contributed by atoms with Crippen LogP contribution in [0.2, 0.25) is 0 Å². The van der Waals surface area contributed by atoms with E-state index < -0.39 is 53.5 Å². The molecule has 3 amide bonds. The summed E-state index contributed by atoms with van der Waals surface area (Å²) in [6.07, 6.45) is 1.74. The fraction of sp³-hybridized carbons (Fsp3) is 0.455. The summed E-state index contributed by atoms with van der Waals surface area (Å²) in [5.41, 5.74) is 1.68. The molecular weight excluding hydrogens is 550 g/mol. The first kappa shape index (κ1) is 33.2. The van der Waals surface area contributed by atoms with Gasteiger partial charge in [0.15, 0.2) is 0 Å². The molecule has 0 radical (unpaired) electrons. The molecule has 10 nitrogen and oxygen atoms in total. The molecule has 1 heterocycles. The van der Waals surface area contributed by atoms with Gasteiger partial charge in [0.2, 0.25) is 17.6 Å². The van der Waals surface area contributed by atoms with Crippen molar-refractivity contribution in [1.29, 1.82) is 0 Å². The fourth-order valence-electron chi connectivity index (χ4n) is 5.28. The summed E-state index contributed by atoms with van der Waals surface area (Å²) in [4.78, 5) is 78.6. The van der Waals surface area contributed by atoms with E-state index in [0.717, 1.165) is 11.1 Å². The van der Waals surface area contributed by atoms with Crippen LogP contribution in [0.15, 0.2) is 60.7 Å². The molecule has 0 saturated carbocycles. The minimum Gasteiger partial charge on any atom is -0.480 e. The van der Waals surface area contributed by atoms with Crippen LogP contribution in [0.1, 0.15) is 57.6 Å². The van der Waals surface area contributed by atoms with Gasteiger partial charge in [0, 0.05) is 25.3 Å². The molecule has 3 rings (SSSR count). The third kappa shape index (κ3) is 9.33. The normalized spacial score (nSPS) is 17.3. The van der Waals surface area contributed by atoms with Crippen molar-refractivity contribution >= 4 is 35.3 Å². The number of benzene rings is 2. The van der Waals surface area contributed by atoms with Gasteiger partial charge >= 0.3 is 5.97 Å². The second-order valence-corrected chi connectivity index (χ2v) is 11.3. The van der Waals surface area contributed by atoms with Gasteiger partial charge < -0.3 is 20.6 Å². The lowest BCUT2D eigenvalue weighted by Gasteiger charge is -2.30. The molecule has 1 aliphatic heterocycles. The number of rotatable bonds is 15. The van der Waals surface area contributed by atoms with Crippen LogP contribution in [0.5, 0.6) is 0 Å². The van der Waals surface area contributed by atoms with E-state index in [2.05, 4.69) is 10.6 Å². The monoisotopic (exact) mass is 591 g/mol. The van der Waals surface area contributed by atoms with E-state index in [1.165, 1.54) is 11.8 Å². The average Bonchev–Trinajstić information content (AvgIpc) is 3.50. The molecule has 1 fully saturated rings. The quantitative estimate of drug-likeness (QED) is 0.270. The zero-order chi connectivity index (χ0) is 31.5. The van der Waals surface area contributed by atoms with E-state index >= 15 is 0 Å². The smallest absolute Gasteiger partial charge is 0.326 e. The Bertz CT molecular complexity index is 1300. The third-order valence-electron chi connectivity index (χ3n) is 7.98. The number of nitrogens with one attached hydrogen (secondary N) is 2. The first-order valence-electron chi connectivity index (χ1n) is 14.8. The van der Waals surface area contributed by atoms with E-state index in [4.69, 9.17) is 0 Å². The van der Waals surface area contributed by atoms with Crippen LogP contribution in [0, 0.1) is 11.8 Å². The number of ketones is 2. The Kier molecular flexibility index (Phi) is 12.2. The van der Waals surface area contributed by atoms with Crippen molar-refractivity contribution in [2.45, 2.75) is 77.4 Å². The molecule has 1 saturated heterocycles. The number of carbonyl (C=O) groups is 6. The Morgan fingerprint density at radius 3 is 2.09 bits per heavy atom. The Balaban J connectivity index is 1.68. The maximum absolute atomic E-state index is 13.4. The standard InChI is InChI=1S/C33H41N3O7/c1-4-21(2)28(32(41)36-17-11-16-27(36)33(42)43)35-31(40)29(38)22(3)34-30(39)25(18-23-12-7-5-8-13-23)20-26(37)19-24-14-9-6-10-15-24/h5-10,12-15,21-22,25,27-28H,4,11,16-20H2,1-3H3,(H,34,39)(H,35,40)(H,42,43)/t21-,22?,25-,27?,28+/m1/s1. The zero-order valence-electron chi connectivity index (χ0n) is 25.0. The van der Waals surface area contributed by atoms with Gasteiger partial charge in [-0.3, -0.25) is 24.0 Å². The topological polar surface area (TPSA) is 150 Å². The number of carboxylic acids is 1. The number of aliphatic carboxylic acids is 1. The van der Waals surface area contributed by atoms with Gasteiger partial charge in [-0.2, -0.15) is 0 Å². The predicted octanol–water partition coefficient (Wildman–Crippen LogP) is 2.73. The average molecular weight is 592 g/mol. The van der Waals surface area contributed by atoms with E-state index in [-0.39, 0.29) is 37.5 Å². The van der Waals surface area contributed by atoms with E-state index in [1.54, 1.807) is 6.92 Å². The van der Waals surface area contributed by atoms with Crippen LogP contribution in [-0.4, -0.2) is 69.9 Å². The van der Waals surface area contributed by atoms with Crippen molar-refractivity contribution in [1.82, 2.24) is 15.5 Å². The maximum Gasteiger partial charge on any atom is 0.326 e. The minimum atomic E-state index is -1.22. The summed E-state index contributed by atoms with van der Waals surface area (Å²) in [5, 5.41) is 14.6. The van der Waals surface area contributed by atoms with Crippen LogP contribution in [-0.2, 0) is 41.6 Å². The van der Waals surface area contributed by atoms with Crippen LogP contribution in [0.4, 0.5) is 0 Å². The first-order valence-corrected chi connectivity index (χ1v) is 14.8. The highest BCUT2D eigenvalue weighted by Gasteiger charge is 2.40. The number of Topliss-reactive ketones (excluding diaryl/α,β-unsaturated/α-hetero) is 2. The largest absolute Gasteiger partial charge is 0.480 e. The molecule has 5 atom stereocenters. The van der Waals surface area contributed by atoms with Crippen molar-refractivity contribution in [2.24, 2.45) is 11.8 Å². The summed E-state index contributed by atoms with van der Waals surface area (Å²) in [6, 6.07) is 15.1. The lowest BCUT2D eigenvalue weighted by atomic mass is 9.91. The SMILES string of the molecule is CC[C@@H](C)[C@H](NC(=O)C(=O)C(C)NC(=O)[C@@H](CC(=O)Cc1ccccc1)Cc1ccccc1)C(=O)N1CCCC1C(=O)O. The highest BCUT2D eigenvalue weighted by Crippen LogP contribution is 2.21. The van der Waals surface area contributed by atoms with Gasteiger partial charge in [0.25, 0.3) is 5.91 Å². The summed E-state index contributed by atoms with van der Waals surface area (Å²) in [6.45, 7) is 5.20. The molecule has 0 bridgehead atoms. The first-order chi connectivity index (χ1) is 20.5. The number of hydrogen-bond acceptors (Lipinski definition) is 6. The molecule has 230 valence electrons. The van der Waals surface area contributed by atoms with Gasteiger partial charge in [-0.05, 0) is 43.2 Å². The molecule has 0 spiro atoms. The van der Waals surface area contributed by atoms with Crippen LogP contribution in [0.25, 0.3) is 0 Å². The number of hydrogen-bond donors (Lipinski definition) is 3. The molecule has 2 unspecified atom stereocenters. The Labute approximate surface area is 252 Å². The molecule has 0 aliphatic carbocycles. The molecular formula is C33H41N3O7. The van der Waals surface area contributed by atoms with Crippen molar-refractivity contribution in [2.75, 3.05) is 6.54 Å². The predicted molar refractivity (Wildman–Crippen MR) is 160 cm³/mol. The molecule has 2 aromatic carbocycles. The van der Waals surface area contributed by atoms with Crippen molar-refractivity contribution in [3.8, 4) is 0 Å². The molecule has 0 aromatic heterocycles. The third-order valence-corrected chi connectivity index (χ3v) is 7.98. The van der Waals surface area contributed by atoms with Crippen molar-refractivity contribution in [3.63, 3.8) is 0 Å². The van der Waals surface area contributed by atoms with Gasteiger partial charge in [-0.25, -0.2) is 4.79 Å². The highest BCUT2D eigenvalue weighted by molar-refractivity contribution is 6.38. The second kappa shape index (κ2) is 15.8. The van der Waals surface area contributed by atoms with Crippen LogP contribution in [0.3, 0.4) is 0 Å². The van der Waals surface area contributed by atoms with Crippen LogP contribution < -0.4 is 10.6 Å². The summed E-state index contributed by atoms with van der Waals surface area (Å²) >= 11 is 0. The molecule has 3 N–H and O–H groups in total. The van der Waals surface area contributed by atoms with Crippen LogP contribution >= 0.6 is 0 Å². The minimum absolute atomic E-state index is 0.0477. The Morgan fingerprint density at radius 2 is 1.51 bits per heavy atom. The van der Waals surface area contributed by atoms with Crippen molar-refractivity contribution < 1.29 is 33.9 Å². The Morgan fingerprint density at radius 1 is 0.907 bits per heavy atom. The van der Waals surface area contributed by atoms with Gasteiger partial charge in [-0.15, -0.1) is 0 Å². The highest BCUT2D eigenvalue weighted by atomic mass is 16.4. The number of likely N-dealkylation sites (tertiary alicyclic amines) is 1. The van der Waals surface area contributed by atoms with E-state index in [9.17, 15) is 33.9 Å². The number of carbonyl (C=O) groups excluding carboxylic acids is 5. The second-order valence-electron chi connectivity index (χ2n) is 11.3. The van der Waals surface area contributed by atoms with Gasteiger partial charge in [-0.1, -0.05) is 80.9 Å². The molecule has 43 heavy (non-hydrogen) atoms. The van der Waals surface area contributed by atoms with E-state index in [1.807, 2.05) is 67.6 Å². The molecule has 10 heteroatoms. The maximum atomic E-state index is 13.4. The lowest BCUT2D eigenvalue weighted by Crippen LogP contribution is -2.57.